The molecule has 3 heteroatoms. The molecule has 4 aliphatic heterocycles. The highest BCUT2D eigenvalue weighted by molar-refractivity contribution is 7.76. The molecule has 6 aromatic rings. The molecule has 0 radical (unpaired) electrons. The van der Waals surface area contributed by atoms with Crippen molar-refractivity contribution in [2.24, 2.45) is 0 Å². The van der Waals surface area contributed by atoms with E-state index >= 15 is 0 Å². The maximum Gasteiger partial charge on any atom is 0.209 e. The maximum atomic E-state index is 2.53. The summed E-state index contributed by atoms with van der Waals surface area (Å²) < 4.78 is 1.32. The van der Waals surface area contributed by atoms with Gasteiger partial charge < -0.3 is 0 Å². The molecule has 1 spiro atoms. The number of nitrogens with zero attached hydrogens (tertiary/aromatic N) is 1. The highest BCUT2D eigenvalue weighted by Gasteiger charge is 3.12. The first-order chi connectivity index (χ1) is 24.3. The van der Waals surface area contributed by atoms with Gasteiger partial charge in [0.1, 0.15) is 0 Å². The Morgan fingerprint density at radius 1 is 0.367 bits per heavy atom. The first kappa shape index (κ1) is 30.0. The first-order valence-corrected chi connectivity index (χ1v) is 21.0. The summed E-state index contributed by atoms with van der Waals surface area (Å²) in [6.45, 7) is 0. The molecule has 0 amide bonds. The van der Waals surface area contributed by atoms with Crippen molar-refractivity contribution < 1.29 is 4.02 Å². The average Bonchev–Trinajstić information content (AvgIpc) is 3.84. The fourth-order valence-corrected chi connectivity index (χ4v) is 23.8. The molecular formula is C46H42NP2+. The molecule has 6 unspecified atom stereocenters. The Morgan fingerprint density at radius 3 is 0.980 bits per heavy atom. The van der Waals surface area contributed by atoms with Crippen molar-refractivity contribution in [1.29, 1.82) is 0 Å². The molecule has 0 aliphatic carbocycles. The molecule has 1 nitrogen and oxygen atoms in total. The number of hydrogen-bond acceptors (Lipinski definition) is 0. The van der Waals surface area contributed by atoms with Crippen molar-refractivity contribution in [3.63, 3.8) is 0 Å². The second-order valence-electron chi connectivity index (χ2n) is 14.6. The second kappa shape index (κ2) is 11.1. The topological polar surface area (TPSA) is 0 Å². The van der Waals surface area contributed by atoms with Gasteiger partial charge in [-0.05, 0) is 47.9 Å². The van der Waals surface area contributed by atoms with Gasteiger partial charge in [0.25, 0.3) is 0 Å². The molecule has 4 aliphatic rings. The van der Waals surface area contributed by atoms with Crippen LogP contribution in [-0.2, 0) is 34.2 Å². The largest absolute Gasteiger partial charge is 0.251 e. The van der Waals surface area contributed by atoms with Gasteiger partial charge in [0, 0.05) is 23.5 Å². The molecule has 4 fully saturated rings. The Morgan fingerprint density at radius 2 is 0.653 bits per heavy atom. The van der Waals surface area contributed by atoms with E-state index in [0.29, 0.717) is 0 Å². The molecule has 4 saturated heterocycles. The van der Waals surface area contributed by atoms with E-state index in [4.69, 9.17) is 0 Å². The molecule has 6 atom stereocenters. The van der Waals surface area contributed by atoms with Gasteiger partial charge in [-0.3, -0.25) is 4.02 Å². The van der Waals surface area contributed by atoms with Gasteiger partial charge in [0.2, 0.25) is 10.6 Å². The Labute approximate surface area is 293 Å². The van der Waals surface area contributed by atoms with E-state index in [0.717, 1.165) is 12.8 Å². The monoisotopic (exact) mass is 670 g/mol. The van der Waals surface area contributed by atoms with E-state index in [9.17, 15) is 0 Å². The Balaban J connectivity index is 1.29. The molecule has 6 aromatic carbocycles. The zero-order valence-corrected chi connectivity index (χ0v) is 29.7. The van der Waals surface area contributed by atoms with Crippen LogP contribution in [0.2, 0.25) is 0 Å². The summed E-state index contributed by atoms with van der Waals surface area (Å²) in [7, 11) is -0.723. The number of quaternary nitrogens is 1. The van der Waals surface area contributed by atoms with Crippen LogP contribution in [0.4, 0.5) is 0 Å². The number of fused-ring (bicyclic) bond motifs is 6. The van der Waals surface area contributed by atoms with Crippen molar-refractivity contribution >= 4 is 16.1 Å². The van der Waals surface area contributed by atoms with E-state index < -0.39 is 0 Å². The fourth-order valence-electron chi connectivity index (χ4n) is 11.3. The van der Waals surface area contributed by atoms with Crippen molar-refractivity contribution in [3.05, 3.63) is 215 Å². The lowest BCUT2D eigenvalue weighted by Crippen LogP contribution is -2.51. The summed E-state index contributed by atoms with van der Waals surface area (Å²) >= 11 is 0. The molecule has 240 valence electrons. The number of rotatable bonds is 8. The van der Waals surface area contributed by atoms with E-state index in [-0.39, 0.29) is 37.5 Å². The van der Waals surface area contributed by atoms with E-state index in [1.807, 2.05) is 0 Å². The van der Waals surface area contributed by atoms with Gasteiger partial charge in [0.15, 0.2) is 16.1 Å². The van der Waals surface area contributed by atoms with Crippen LogP contribution in [0.1, 0.15) is 46.2 Å². The lowest BCUT2D eigenvalue weighted by Gasteiger charge is -2.43. The summed E-state index contributed by atoms with van der Waals surface area (Å²) in [6.07, 6.45) is 7.31. The van der Waals surface area contributed by atoms with Gasteiger partial charge in [-0.15, -0.1) is 0 Å². The molecule has 0 aromatic heterocycles. The van der Waals surface area contributed by atoms with Gasteiger partial charge in [-0.25, -0.2) is 0 Å². The standard InChI is InChI=1S/C46H42NP2/c1-7-19-37(20-8-1)35-43(39-23-11-3-12-24-39)31-33-48-45(43,41-27-15-5-16-28-41)47(48)46(42-29-17-6-18-30-42)44(32-34-49(46)47,40-25-13-4-14-26-40)36-38-21-9-2-10-22-38/h1-30H,31-36H2/q+1. The van der Waals surface area contributed by atoms with Gasteiger partial charge in [0.05, 0.1) is 10.8 Å². The minimum absolute atomic E-state index is 0.00625. The quantitative estimate of drug-likeness (QED) is 0.112. The van der Waals surface area contributed by atoms with Crippen LogP contribution in [0.5, 0.6) is 0 Å². The van der Waals surface area contributed by atoms with Crippen LogP contribution >= 0.6 is 16.1 Å². The number of benzene rings is 6. The van der Waals surface area contributed by atoms with Crippen molar-refractivity contribution in [3.8, 4) is 0 Å². The highest BCUT2D eigenvalue weighted by Crippen LogP contribution is 3.19. The summed E-state index contributed by atoms with van der Waals surface area (Å²) in [5.41, 5.74) is 9.21. The van der Waals surface area contributed by atoms with Crippen molar-refractivity contribution in [2.75, 3.05) is 12.3 Å². The zero-order valence-electron chi connectivity index (χ0n) is 27.9. The smallest absolute Gasteiger partial charge is 0.209 e. The predicted molar refractivity (Wildman–Crippen MR) is 206 cm³/mol. The van der Waals surface area contributed by atoms with E-state index in [1.54, 1.807) is 22.3 Å². The normalized spacial score (nSPS) is 33.6. The average molecular weight is 671 g/mol. The lowest BCUT2D eigenvalue weighted by atomic mass is 9.63. The molecule has 0 bridgehead atoms. The molecule has 4 heterocycles. The maximum absolute atomic E-state index is 2.53. The van der Waals surface area contributed by atoms with Crippen LogP contribution in [0.15, 0.2) is 182 Å². The van der Waals surface area contributed by atoms with Gasteiger partial charge >= 0.3 is 0 Å². The third-order valence-electron chi connectivity index (χ3n) is 12.8. The van der Waals surface area contributed by atoms with Crippen LogP contribution in [0.25, 0.3) is 0 Å². The second-order valence-corrected chi connectivity index (χ2v) is 19.9. The van der Waals surface area contributed by atoms with Gasteiger partial charge in [-0.1, -0.05) is 182 Å². The minimum Gasteiger partial charge on any atom is -0.251 e. The predicted octanol–water partition coefficient (Wildman–Crippen LogP) is 11.5. The van der Waals surface area contributed by atoms with Crippen LogP contribution in [0.3, 0.4) is 0 Å². The van der Waals surface area contributed by atoms with Gasteiger partial charge in [-0.2, -0.15) is 0 Å². The summed E-state index contributed by atoms with van der Waals surface area (Å²) in [4.78, 5) is 0. The molecule has 0 saturated carbocycles. The number of hydrogen-bond donors (Lipinski definition) is 0. The summed E-state index contributed by atoms with van der Waals surface area (Å²) in [6, 6.07) is 70.4. The van der Waals surface area contributed by atoms with Crippen LogP contribution in [0, 0.1) is 0 Å². The molecule has 10 rings (SSSR count). The Hall–Kier alpha value is -3.86. The molecular weight excluding hydrogens is 628 g/mol. The minimum atomic E-state index is -0.361. The fraction of sp³-hybridized carbons (Fsp3) is 0.217. The summed E-state index contributed by atoms with van der Waals surface area (Å²) in [5, 5.41) is 0.110. The molecule has 49 heavy (non-hydrogen) atoms. The lowest BCUT2D eigenvalue weighted by molar-refractivity contribution is -0.646. The third-order valence-corrected chi connectivity index (χ3v) is 21.4. The SMILES string of the molecule is c1ccc(CC2(c3ccccc3)CCP3C2(c2ccccc2)[N+]32P3CCC(Cc4ccccc4)(c4ccccc4)C32c2ccccc2)cc1. The van der Waals surface area contributed by atoms with Crippen LogP contribution in [-0.4, -0.2) is 16.3 Å². The van der Waals surface area contributed by atoms with Crippen LogP contribution < -0.4 is 0 Å². The Kier molecular flexibility index (Phi) is 6.78. The highest BCUT2D eigenvalue weighted by atomic mass is 31.2. The summed E-state index contributed by atoms with van der Waals surface area (Å²) in [5.74, 6) is 0. The molecule has 0 N–H and O–H groups in total. The first-order valence-electron chi connectivity index (χ1n) is 18.0. The van der Waals surface area contributed by atoms with Crippen molar-refractivity contribution in [1.82, 2.24) is 0 Å². The Bertz CT molecular complexity index is 1940. The zero-order chi connectivity index (χ0) is 32.6. The van der Waals surface area contributed by atoms with E-state index in [1.165, 1.54) is 40.3 Å². The third kappa shape index (κ3) is 3.67. The van der Waals surface area contributed by atoms with Crippen molar-refractivity contribution in [2.45, 2.75) is 47.1 Å². The van der Waals surface area contributed by atoms with E-state index in [2.05, 4.69) is 182 Å².